The lowest BCUT2D eigenvalue weighted by Crippen LogP contribution is -2.38. The van der Waals surface area contributed by atoms with Crippen LogP contribution < -0.4 is 9.46 Å². The molecule has 0 radical (unpaired) electrons. The molecule has 1 aliphatic rings. The molecule has 0 spiro atoms. The second-order valence-electron chi connectivity index (χ2n) is 8.65. The van der Waals surface area contributed by atoms with Gasteiger partial charge in [-0.25, -0.2) is 9.37 Å². The molecule has 0 saturated carbocycles. The Labute approximate surface area is 224 Å². The van der Waals surface area contributed by atoms with E-state index in [1.54, 1.807) is 4.90 Å². The summed E-state index contributed by atoms with van der Waals surface area (Å²) >= 11 is 1.40. The van der Waals surface area contributed by atoms with Crippen molar-refractivity contribution in [2.24, 2.45) is 0 Å². The van der Waals surface area contributed by atoms with E-state index >= 15 is 0 Å². The van der Waals surface area contributed by atoms with Crippen LogP contribution in [-0.2, 0) is 0 Å². The van der Waals surface area contributed by atoms with Gasteiger partial charge < -0.3 is 14.4 Å². The molecule has 2 aromatic carbocycles. The number of amides is 1. The van der Waals surface area contributed by atoms with Crippen LogP contribution in [0.1, 0.15) is 59.7 Å². The van der Waals surface area contributed by atoms with E-state index in [-0.39, 0.29) is 29.0 Å². The predicted molar refractivity (Wildman–Crippen MR) is 142 cm³/mol. The molecule has 38 heavy (non-hydrogen) atoms. The quantitative estimate of drug-likeness (QED) is 0.250. The first-order valence-corrected chi connectivity index (χ1v) is 13.2. The van der Waals surface area contributed by atoms with E-state index in [9.17, 15) is 22.4 Å². The van der Waals surface area contributed by atoms with Gasteiger partial charge >= 0.3 is 6.36 Å². The Morgan fingerprint density at radius 3 is 2.21 bits per heavy atom. The molecule has 5 nitrogen and oxygen atoms in total. The molecule has 3 aromatic rings. The van der Waals surface area contributed by atoms with E-state index in [0.717, 1.165) is 28.2 Å². The number of carbonyl (C=O) groups is 1. The number of hydrogen-bond donors (Lipinski definition) is 1. The lowest BCUT2D eigenvalue weighted by Gasteiger charge is -2.33. The number of piperidine rings is 1. The average molecular weight is 550 g/mol. The number of hydrogen-bond acceptors (Lipinski definition) is 5. The number of aryl methyl sites for hydroxylation is 1. The van der Waals surface area contributed by atoms with Gasteiger partial charge in [0.25, 0.3) is 5.91 Å². The van der Waals surface area contributed by atoms with E-state index in [4.69, 9.17) is 0 Å². The maximum Gasteiger partial charge on any atom is 0.573 e. The Balaban J connectivity index is 0.00000195. The minimum absolute atomic E-state index is 0.0791. The number of nitrogens with one attached hydrogen (secondary N) is 1. The molecule has 1 fully saturated rings. The maximum absolute atomic E-state index is 14.8. The molecule has 0 aliphatic carbocycles. The molecule has 1 N–H and O–H groups in total. The SMILES string of the molecule is CC.Cc1ccc(SNc2ncc(F)c(C3CCN(C(=O)c4ccc(OC(F)(F)F)cc4)CC3)c2C)cc1. The summed E-state index contributed by atoms with van der Waals surface area (Å²) in [5.41, 5.74) is 2.77. The van der Waals surface area contributed by atoms with Gasteiger partial charge in [-0.1, -0.05) is 31.5 Å². The third-order valence-electron chi connectivity index (χ3n) is 6.14. The minimum atomic E-state index is -4.79. The monoisotopic (exact) mass is 549 g/mol. The van der Waals surface area contributed by atoms with Crippen LogP contribution in [0.5, 0.6) is 5.75 Å². The third-order valence-corrected chi connectivity index (χ3v) is 6.94. The summed E-state index contributed by atoms with van der Waals surface area (Å²) in [6.45, 7) is 8.67. The van der Waals surface area contributed by atoms with Crippen LogP contribution in [0, 0.1) is 19.7 Å². The number of aromatic nitrogens is 1. The van der Waals surface area contributed by atoms with Gasteiger partial charge in [0.05, 0.1) is 6.20 Å². The zero-order valence-corrected chi connectivity index (χ0v) is 22.5. The van der Waals surface area contributed by atoms with Crippen molar-refractivity contribution in [1.29, 1.82) is 0 Å². The molecule has 2 heterocycles. The van der Waals surface area contributed by atoms with Gasteiger partial charge in [-0.3, -0.25) is 4.79 Å². The zero-order valence-electron chi connectivity index (χ0n) is 21.7. The Morgan fingerprint density at radius 1 is 1.03 bits per heavy atom. The number of nitrogens with zero attached hydrogens (tertiary/aromatic N) is 2. The highest BCUT2D eigenvalue weighted by atomic mass is 32.2. The van der Waals surface area contributed by atoms with Crippen molar-refractivity contribution in [2.45, 2.75) is 57.7 Å². The standard InChI is InChI=1S/C26H25F4N3O2S.C2H6/c1-16-3-9-21(10-4-16)36-32-24-17(2)23(22(27)15-31-24)18-11-13-33(14-12-18)25(34)19-5-7-20(8-6-19)35-26(28,29)30;1-2/h3-10,15,18H,11-14H2,1-2H3,(H,31,32);1-2H3. The summed E-state index contributed by atoms with van der Waals surface area (Å²) in [4.78, 5) is 19.7. The van der Waals surface area contributed by atoms with Crippen molar-refractivity contribution in [1.82, 2.24) is 9.88 Å². The van der Waals surface area contributed by atoms with Crippen molar-refractivity contribution in [2.75, 3.05) is 17.8 Å². The van der Waals surface area contributed by atoms with Crippen molar-refractivity contribution < 1.29 is 27.1 Å². The van der Waals surface area contributed by atoms with Crippen LogP contribution in [0.3, 0.4) is 0 Å². The van der Waals surface area contributed by atoms with Crippen molar-refractivity contribution in [3.8, 4) is 5.75 Å². The Kier molecular flexibility index (Phi) is 10.0. The van der Waals surface area contributed by atoms with Crippen LogP contribution in [0.4, 0.5) is 23.4 Å². The van der Waals surface area contributed by atoms with E-state index in [0.29, 0.717) is 37.3 Å². The van der Waals surface area contributed by atoms with Crippen LogP contribution in [0.2, 0.25) is 0 Å². The summed E-state index contributed by atoms with van der Waals surface area (Å²) in [5, 5.41) is 0. The second kappa shape index (κ2) is 13.0. The lowest BCUT2D eigenvalue weighted by molar-refractivity contribution is -0.274. The van der Waals surface area contributed by atoms with Crippen LogP contribution in [0.15, 0.2) is 59.6 Å². The van der Waals surface area contributed by atoms with Crippen molar-refractivity contribution in [3.05, 3.63) is 82.8 Å². The molecule has 4 rings (SSSR count). The fraction of sp³-hybridized carbons (Fsp3) is 0.357. The van der Waals surface area contributed by atoms with Gasteiger partial charge in [0, 0.05) is 23.5 Å². The minimum Gasteiger partial charge on any atom is -0.406 e. The highest BCUT2D eigenvalue weighted by Crippen LogP contribution is 2.35. The number of carbonyl (C=O) groups excluding carboxylic acids is 1. The van der Waals surface area contributed by atoms with Crippen molar-refractivity contribution in [3.63, 3.8) is 0 Å². The van der Waals surface area contributed by atoms with E-state index in [1.807, 2.05) is 52.0 Å². The Morgan fingerprint density at radius 2 is 1.63 bits per heavy atom. The highest BCUT2D eigenvalue weighted by molar-refractivity contribution is 8.00. The molecule has 1 aliphatic heterocycles. The van der Waals surface area contributed by atoms with Crippen LogP contribution in [0.25, 0.3) is 0 Å². The number of pyridine rings is 1. The average Bonchev–Trinajstić information content (AvgIpc) is 2.90. The van der Waals surface area contributed by atoms with Gasteiger partial charge in [0.1, 0.15) is 17.4 Å². The number of rotatable bonds is 6. The molecule has 204 valence electrons. The Hall–Kier alpha value is -3.27. The van der Waals surface area contributed by atoms with E-state index in [1.165, 1.54) is 30.3 Å². The number of alkyl halides is 3. The summed E-state index contributed by atoms with van der Waals surface area (Å²) in [6.07, 6.45) is -2.44. The molecule has 0 atom stereocenters. The van der Waals surface area contributed by atoms with E-state index < -0.39 is 6.36 Å². The van der Waals surface area contributed by atoms with Gasteiger partial charge in [-0.2, -0.15) is 0 Å². The number of halogens is 4. The number of benzene rings is 2. The summed E-state index contributed by atoms with van der Waals surface area (Å²) in [7, 11) is 0. The number of ether oxygens (including phenoxy) is 1. The fourth-order valence-corrected chi connectivity index (χ4v) is 4.96. The van der Waals surface area contributed by atoms with Crippen molar-refractivity contribution >= 4 is 23.7 Å². The topological polar surface area (TPSA) is 54.5 Å². The number of likely N-dealkylation sites (tertiary alicyclic amines) is 1. The van der Waals surface area contributed by atoms with E-state index in [2.05, 4.69) is 14.4 Å². The molecule has 0 bridgehead atoms. The molecule has 0 unspecified atom stereocenters. The smallest absolute Gasteiger partial charge is 0.406 e. The molecule has 1 saturated heterocycles. The first-order valence-electron chi connectivity index (χ1n) is 12.4. The summed E-state index contributed by atoms with van der Waals surface area (Å²) in [5.74, 6) is -0.522. The molecular formula is C28H31F4N3O2S. The third kappa shape index (κ3) is 7.63. The largest absolute Gasteiger partial charge is 0.573 e. The fourth-order valence-electron chi connectivity index (χ4n) is 4.26. The van der Waals surface area contributed by atoms with Gasteiger partial charge in [-0.15, -0.1) is 13.2 Å². The first-order chi connectivity index (χ1) is 18.1. The van der Waals surface area contributed by atoms with Gasteiger partial charge in [0.2, 0.25) is 0 Å². The van der Waals surface area contributed by atoms with Crippen LogP contribution >= 0.6 is 11.9 Å². The zero-order chi connectivity index (χ0) is 27.9. The first kappa shape index (κ1) is 29.3. The normalized spacial score (nSPS) is 13.9. The predicted octanol–water partition coefficient (Wildman–Crippen LogP) is 7.90. The molecule has 1 aromatic heterocycles. The lowest BCUT2D eigenvalue weighted by atomic mass is 9.86. The Bertz CT molecular complexity index is 1210. The molecule has 1 amide bonds. The molecule has 10 heteroatoms. The van der Waals surface area contributed by atoms with Gasteiger partial charge in [0.15, 0.2) is 0 Å². The summed E-state index contributed by atoms with van der Waals surface area (Å²) < 4.78 is 58.9. The summed E-state index contributed by atoms with van der Waals surface area (Å²) in [6, 6.07) is 12.9. The second-order valence-corrected chi connectivity index (χ2v) is 9.53. The molecular weight excluding hydrogens is 518 g/mol. The maximum atomic E-state index is 14.8. The highest BCUT2D eigenvalue weighted by Gasteiger charge is 2.31. The van der Waals surface area contributed by atoms with Gasteiger partial charge in [-0.05, 0) is 92.1 Å². The van der Waals surface area contributed by atoms with Crippen LogP contribution in [-0.4, -0.2) is 35.2 Å². The number of anilines is 1.